The highest BCUT2D eigenvalue weighted by molar-refractivity contribution is 5.69. The van der Waals surface area contributed by atoms with Gasteiger partial charge >= 0.3 is 5.97 Å². The molecule has 0 aromatic rings. The molecule has 0 spiro atoms. The molecule has 0 bridgehead atoms. The number of hydrogen-bond acceptors (Lipinski definition) is 2. The molecule has 0 fully saturated rings. The maximum Gasteiger partial charge on any atom is 0.306 e. The van der Waals surface area contributed by atoms with Crippen molar-refractivity contribution >= 4 is 5.97 Å². The molecule has 0 amide bonds. The monoisotopic (exact) mass is 599 g/mol. The van der Waals surface area contributed by atoms with E-state index in [1.165, 1.54) is 141 Å². The van der Waals surface area contributed by atoms with Crippen LogP contribution in [0.3, 0.4) is 0 Å². The van der Waals surface area contributed by atoms with E-state index in [2.05, 4.69) is 69.4 Å². The molecular formula is C41H74O2. The van der Waals surface area contributed by atoms with Crippen molar-refractivity contribution in [3.63, 3.8) is 0 Å². The molecule has 2 heteroatoms. The Balaban J connectivity index is 3.81. The van der Waals surface area contributed by atoms with Crippen molar-refractivity contribution < 1.29 is 9.53 Å². The first-order chi connectivity index (χ1) is 21.2. The van der Waals surface area contributed by atoms with Gasteiger partial charge in [-0.2, -0.15) is 0 Å². The fourth-order valence-corrected chi connectivity index (χ4v) is 5.43. The number of hydrogen-bond donors (Lipinski definition) is 0. The van der Waals surface area contributed by atoms with Gasteiger partial charge in [-0.1, -0.05) is 146 Å². The summed E-state index contributed by atoms with van der Waals surface area (Å²) in [5, 5.41) is 0. The molecular weight excluding hydrogens is 524 g/mol. The van der Waals surface area contributed by atoms with Gasteiger partial charge in [0, 0.05) is 6.42 Å². The molecule has 250 valence electrons. The number of carbonyl (C=O) groups is 1. The molecule has 0 aliphatic heterocycles. The average molecular weight is 599 g/mol. The van der Waals surface area contributed by atoms with Gasteiger partial charge in [0.2, 0.25) is 0 Å². The van der Waals surface area contributed by atoms with E-state index in [1.807, 2.05) is 0 Å². The highest BCUT2D eigenvalue weighted by Gasteiger charge is 2.13. The second-order valence-electron chi connectivity index (χ2n) is 12.6. The van der Waals surface area contributed by atoms with Crippen LogP contribution in [-0.2, 0) is 9.53 Å². The summed E-state index contributed by atoms with van der Waals surface area (Å²) in [7, 11) is 0. The first-order valence-corrected chi connectivity index (χ1v) is 19.0. The normalized spacial score (nSPS) is 12.3. The largest absolute Gasteiger partial charge is 0.462 e. The summed E-state index contributed by atoms with van der Waals surface area (Å²) in [5.74, 6) is 0.00702. The minimum atomic E-state index is 0.00702. The van der Waals surface area contributed by atoms with E-state index in [0.717, 1.165) is 32.1 Å². The topological polar surface area (TPSA) is 26.3 Å². The molecule has 2 nitrogen and oxygen atoms in total. The van der Waals surface area contributed by atoms with Crippen molar-refractivity contribution in [1.29, 1.82) is 0 Å². The molecule has 0 aromatic carbocycles. The van der Waals surface area contributed by atoms with Crippen molar-refractivity contribution in [3.05, 3.63) is 48.6 Å². The molecule has 0 atom stereocenters. The Hall–Kier alpha value is -1.57. The number of unbranched alkanes of at least 4 members (excludes halogenated alkanes) is 18. The lowest BCUT2D eigenvalue weighted by Gasteiger charge is -2.18. The summed E-state index contributed by atoms with van der Waals surface area (Å²) < 4.78 is 5.88. The summed E-state index contributed by atoms with van der Waals surface area (Å²) in [6.45, 7) is 6.58. The predicted molar refractivity (Wildman–Crippen MR) is 193 cm³/mol. The SMILES string of the molecule is CCCCC/C=C\C/C=C\CCCCCCCCC(CCCCCCCC/C=C\C/C=C\CCCCC)OC(=O)CCC. The van der Waals surface area contributed by atoms with Crippen LogP contribution in [0.1, 0.15) is 201 Å². The zero-order valence-corrected chi connectivity index (χ0v) is 29.3. The summed E-state index contributed by atoms with van der Waals surface area (Å²) in [6.07, 6.45) is 52.9. The van der Waals surface area contributed by atoms with Gasteiger partial charge in [-0.15, -0.1) is 0 Å². The molecule has 0 aliphatic rings. The Bertz CT molecular complexity index is 623. The molecule has 0 saturated carbocycles. The van der Waals surface area contributed by atoms with Crippen LogP contribution < -0.4 is 0 Å². The maximum atomic E-state index is 12.2. The van der Waals surface area contributed by atoms with E-state index in [0.29, 0.717) is 6.42 Å². The lowest BCUT2D eigenvalue weighted by molar-refractivity contribution is -0.149. The van der Waals surface area contributed by atoms with Gasteiger partial charge < -0.3 is 4.74 Å². The van der Waals surface area contributed by atoms with Crippen molar-refractivity contribution in [2.45, 2.75) is 207 Å². The standard InChI is InChI=1S/C41H74O2/c1-4-7-9-11-13-15-17-19-21-23-25-27-29-31-33-35-38-40(43-41(42)37-6-3)39-36-34-32-30-28-26-24-22-20-18-16-14-12-10-8-5-2/h13-16,19-22,40H,4-12,17-18,23-39H2,1-3H3/b15-13-,16-14-,21-19-,22-20-. The van der Waals surface area contributed by atoms with Crippen LogP contribution in [0.2, 0.25) is 0 Å². The van der Waals surface area contributed by atoms with Crippen LogP contribution in [0, 0.1) is 0 Å². The van der Waals surface area contributed by atoms with Crippen LogP contribution in [0.25, 0.3) is 0 Å². The number of esters is 1. The van der Waals surface area contributed by atoms with Crippen molar-refractivity contribution in [3.8, 4) is 0 Å². The van der Waals surface area contributed by atoms with Gasteiger partial charge in [0.05, 0.1) is 0 Å². The fourth-order valence-electron chi connectivity index (χ4n) is 5.43. The van der Waals surface area contributed by atoms with Gasteiger partial charge in [-0.3, -0.25) is 4.79 Å². The van der Waals surface area contributed by atoms with E-state index >= 15 is 0 Å². The minimum Gasteiger partial charge on any atom is -0.462 e. The molecule has 0 N–H and O–H groups in total. The Morgan fingerprint density at radius 3 is 1.16 bits per heavy atom. The van der Waals surface area contributed by atoms with Crippen LogP contribution in [-0.4, -0.2) is 12.1 Å². The quantitative estimate of drug-likeness (QED) is 0.0426. The highest BCUT2D eigenvalue weighted by Crippen LogP contribution is 2.18. The van der Waals surface area contributed by atoms with Crippen LogP contribution in [0.4, 0.5) is 0 Å². The Kier molecular flexibility index (Phi) is 35.3. The van der Waals surface area contributed by atoms with E-state index < -0.39 is 0 Å². The molecule has 0 aromatic heterocycles. The van der Waals surface area contributed by atoms with Crippen LogP contribution >= 0.6 is 0 Å². The number of carbonyl (C=O) groups excluding carboxylic acids is 1. The van der Waals surface area contributed by atoms with Crippen LogP contribution in [0.15, 0.2) is 48.6 Å². The number of allylic oxidation sites excluding steroid dienone is 8. The van der Waals surface area contributed by atoms with Crippen molar-refractivity contribution in [1.82, 2.24) is 0 Å². The minimum absolute atomic E-state index is 0.00702. The molecule has 0 aliphatic carbocycles. The lowest BCUT2D eigenvalue weighted by Crippen LogP contribution is -2.18. The average Bonchev–Trinajstić information content (AvgIpc) is 3.00. The summed E-state index contributed by atoms with van der Waals surface area (Å²) in [5.41, 5.74) is 0. The van der Waals surface area contributed by atoms with E-state index in [4.69, 9.17) is 4.74 Å². The van der Waals surface area contributed by atoms with Gasteiger partial charge in [0.15, 0.2) is 0 Å². The highest BCUT2D eigenvalue weighted by atomic mass is 16.5. The molecule has 0 saturated heterocycles. The summed E-state index contributed by atoms with van der Waals surface area (Å²) in [6, 6.07) is 0. The van der Waals surface area contributed by atoms with E-state index in [1.54, 1.807) is 0 Å². The third-order valence-corrected chi connectivity index (χ3v) is 8.21. The third-order valence-electron chi connectivity index (χ3n) is 8.21. The number of ether oxygens (including phenoxy) is 1. The molecule has 0 radical (unpaired) electrons. The zero-order valence-electron chi connectivity index (χ0n) is 29.3. The maximum absolute atomic E-state index is 12.2. The first-order valence-electron chi connectivity index (χ1n) is 19.0. The summed E-state index contributed by atoms with van der Waals surface area (Å²) in [4.78, 5) is 12.2. The third kappa shape index (κ3) is 34.8. The predicted octanol–water partition coefficient (Wildman–Crippen LogP) is 14.1. The van der Waals surface area contributed by atoms with E-state index in [-0.39, 0.29) is 12.1 Å². The van der Waals surface area contributed by atoms with Crippen molar-refractivity contribution in [2.75, 3.05) is 0 Å². The Morgan fingerprint density at radius 2 is 0.791 bits per heavy atom. The van der Waals surface area contributed by atoms with Gasteiger partial charge in [-0.25, -0.2) is 0 Å². The van der Waals surface area contributed by atoms with E-state index in [9.17, 15) is 4.79 Å². The molecule has 0 unspecified atom stereocenters. The van der Waals surface area contributed by atoms with Gasteiger partial charge in [0.1, 0.15) is 6.10 Å². The van der Waals surface area contributed by atoms with Crippen LogP contribution in [0.5, 0.6) is 0 Å². The smallest absolute Gasteiger partial charge is 0.306 e. The lowest BCUT2D eigenvalue weighted by atomic mass is 10.0. The van der Waals surface area contributed by atoms with Gasteiger partial charge in [-0.05, 0) is 96.3 Å². The Morgan fingerprint density at radius 1 is 0.442 bits per heavy atom. The first kappa shape index (κ1) is 41.4. The summed E-state index contributed by atoms with van der Waals surface area (Å²) >= 11 is 0. The van der Waals surface area contributed by atoms with Gasteiger partial charge in [0.25, 0.3) is 0 Å². The second kappa shape index (κ2) is 36.6. The zero-order chi connectivity index (χ0) is 31.3. The molecule has 0 heterocycles. The Labute approximate surface area is 270 Å². The molecule has 0 rings (SSSR count). The fraction of sp³-hybridized carbons (Fsp3) is 0.780. The van der Waals surface area contributed by atoms with Crippen molar-refractivity contribution in [2.24, 2.45) is 0 Å². The number of rotatable bonds is 33. The second-order valence-corrected chi connectivity index (χ2v) is 12.6. The molecule has 43 heavy (non-hydrogen) atoms.